The van der Waals surface area contributed by atoms with Gasteiger partial charge in [-0.1, -0.05) is 29.8 Å². The van der Waals surface area contributed by atoms with Crippen molar-refractivity contribution < 1.29 is 9.59 Å². The molecule has 2 aromatic rings. The first-order valence-electron chi connectivity index (χ1n) is 6.95. The lowest BCUT2D eigenvalue weighted by Gasteiger charge is -2.08. The summed E-state index contributed by atoms with van der Waals surface area (Å²) in [5.74, 6) is -0.262. The Labute approximate surface area is 143 Å². The zero-order valence-corrected chi connectivity index (χ0v) is 14.4. The van der Waals surface area contributed by atoms with E-state index < -0.39 is 0 Å². The zero-order chi connectivity index (χ0) is 15.9. The Morgan fingerprint density at radius 3 is 2.32 bits per heavy atom. The number of carbonyl (C=O) groups is 2. The van der Waals surface area contributed by atoms with Crippen molar-refractivity contribution in [1.29, 1.82) is 0 Å². The Bertz CT molecular complexity index is 686. The summed E-state index contributed by atoms with van der Waals surface area (Å²) >= 11 is 2.13. The monoisotopic (exact) mass is 408 g/mol. The average molecular weight is 408 g/mol. The number of carbonyl (C=O) groups excluding carboxylic acids is 2. The third-order valence-electron chi connectivity index (χ3n) is 3.09. The molecule has 0 aliphatic heterocycles. The molecule has 0 fully saturated rings. The topological polar surface area (TPSA) is 58.2 Å². The predicted molar refractivity (Wildman–Crippen MR) is 95.0 cm³/mol. The number of aryl methyl sites for hydroxylation is 1. The Morgan fingerprint density at radius 1 is 0.955 bits per heavy atom. The summed E-state index contributed by atoms with van der Waals surface area (Å²) < 4.78 is 0.904. The molecule has 5 heteroatoms. The highest BCUT2D eigenvalue weighted by molar-refractivity contribution is 14.1. The standard InChI is InChI=1S/C17H17IN2O2/c1-12-5-4-6-13(11-12)16(21)19-9-10-20-17(22)14-7-2-3-8-15(14)18/h2-8,11H,9-10H2,1H3,(H,19,21)(H,20,22). The van der Waals surface area contributed by atoms with Gasteiger partial charge in [-0.3, -0.25) is 9.59 Å². The molecular formula is C17H17IN2O2. The molecule has 114 valence electrons. The largest absolute Gasteiger partial charge is 0.350 e. The summed E-state index contributed by atoms with van der Waals surface area (Å²) in [5, 5.41) is 5.59. The van der Waals surface area contributed by atoms with Gasteiger partial charge in [0.15, 0.2) is 0 Å². The number of halogens is 1. The first kappa shape index (κ1) is 16.5. The van der Waals surface area contributed by atoms with Gasteiger partial charge < -0.3 is 10.6 Å². The molecule has 0 unspecified atom stereocenters. The summed E-state index contributed by atoms with van der Waals surface area (Å²) in [6.45, 7) is 2.72. The van der Waals surface area contributed by atoms with Crippen molar-refractivity contribution in [3.8, 4) is 0 Å². The summed E-state index contributed by atoms with van der Waals surface area (Å²) in [6, 6.07) is 14.8. The van der Waals surface area contributed by atoms with E-state index in [9.17, 15) is 9.59 Å². The number of hydrogen-bond acceptors (Lipinski definition) is 2. The Balaban J connectivity index is 1.79. The van der Waals surface area contributed by atoms with Gasteiger partial charge >= 0.3 is 0 Å². The van der Waals surface area contributed by atoms with Crippen molar-refractivity contribution in [1.82, 2.24) is 10.6 Å². The lowest BCUT2D eigenvalue weighted by atomic mass is 10.1. The van der Waals surface area contributed by atoms with Crippen LogP contribution in [0.5, 0.6) is 0 Å². The van der Waals surface area contributed by atoms with E-state index >= 15 is 0 Å². The second-order valence-corrected chi connectivity index (χ2v) is 6.02. The van der Waals surface area contributed by atoms with Gasteiger partial charge in [-0.15, -0.1) is 0 Å². The smallest absolute Gasteiger partial charge is 0.252 e. The fourth-order valence-electron chi connectivity index (χ4n) is 1.98. The average Bonchev–Trinajstić information content (AvgIpc) is 2.51. The predicted octanol–water partition coefficient (Wildman–Crippen LogP) is 2.76. The van der Waals surface area contributed by atoms with Crippen molar-refractivity contribution in [3.05, 3.63) is 68.8 Å². The van der Waals surface area contributed by atoms with Crippen LogP contribution in [-0.2, 0) is 0 Å². The summed E-state index contributed by atoms with van der Waals surface area (Å²) in [4.78, 5) is 23.9. The van der Waals surface area contributed by atoms with Crippen LogP contribution in [0.25, 0.3) is 0 Å². The second-order valence-electron chi connectivity index (χ2n) is 4.86. The molecule has 2 N–H and O–H groups in total. The number of amides is 2. The molecular weight excluding hydrogens is 391 g/mol. The van der Waals surface area contributed by atoms with E-state index in [1.807, 2.05) is 43.3 Å². The minimum Gasteiger partial charge on any atom is -0.350 e. The van der Waals surface area contributed by atoms with E-state index in [1.165, 1.54) is 0 Å². The fourth-order valence-corrected chi connectivity index (χ4v) is 2.61. The Kier molecular flexibility index (Phi) is 5.94. The van der Waals surface area contributed by atoms with E-state index in [2.05, 4.69) is 33.2 Å². The van der Waals surface area contributed by atoms with E-state index in [-0.39, 0.29) is 11.8 Å². The molecule has 4 nitrogen and oxygen atoms in total. The van der Waals surface area contributed by atoms with Crippen molar-refractivity contribution in [3.63, 3.8) is 0 Å². The fraction of sp³-hybridized carbons (Fsp3) is 0.176. The maximum atomic E-state index is 12.0. The van der Waals surface area contributed by atoms with Crippen molar-refractivity contribution in [2.24, 2.45) is 0 Å². The number of nitrogens with one attached hydrogen (secondary N) is 2. The quantitative estimate of drug-likeness (QED) is 0.591. The minimum atomic E-state index is -0.132. The zero-order valence-electron chi connectivity index (χ0n) is 12.2. The molecule has 0 heterocycles. The van der Waals surface area contributed by atoms with Crippen LogP contribution in [-0.4, -0.2) is 24.9 Å². The van der Waals surface area contributed by atoms with Crippen LogP contribution in [0.4, 0.5) is 0 Å². The van der Waals surface area contributed by atoms with E-state index in [4.69, 9.17) is 0 Å². The van der Waals surface area contributed by atoms with Crippen molar-refractivity contribution in [2.45, 2.75) is 6.92 Å². The molecule has 2 amide bonds. The third kappa shape index (κ3) is 4.56. The van der Waals surface area contributed by atoms with Gasteiger partial charge in [0, 0.05) is 22.2 Å². The van der Waals surface area contributed by atoms with E-state index in [0.717, 1.165) is 9.13 Å². The number of benzene rings is 2. The molecule has 2 rings (SSSR count). The molecule has 0 spiro atoms. The molecule has 22 heavy (non-hydrogen) atoms. The highest BCUT2D eigenvalue weighted by Gasteiger charge is 2.09. The summed E-state index contributed by atoms with van der Waals surface area (Å²) in [6.07, 6.45) is 0. The molecule has 0 aromatic heterocycles. The highest BCUT2D eigenvalue weighted by Crippen LogP contribution is 2.10. The van der Waals surface area contributed by atoms with Crippen LogP contribution in [0.15, 0.2) is 48.5 Å². The lowest BCUT2D eigenvalue weighted by Crippen LogP contribution is -2.34. The number of hydrogen-bond donors (Lipinski definition) is 2. The Hall–Kier alpha value is -1.89. The number of rotatable bonds is 5. The van der Waals surface area contributed by atoms with Gasteiger partial charge in [0.25, 0.3) is 11.8 Å². The van der Waals surface area contributed by atoms with Crippen molar-refractivity contribution in [2.75, 3.05) is 13.1 Å². The minimum absolute atomic E-state index is 0.130. The van der Waals surface area contributed by atoms with Crippen LogP contribution in [0.3, 0.4) is 0 Å². The first-order valence-corrected chi connectivity index (χ1v) is 8.03. The van der Waals surface area contributed by atoms with Gasteiger partial charge in [-0.25, -0.2) is 0 Å². The molecule has 0 aliphatic rings. The normalized spacial score (nSPS) is 10.1. The maximum absolute atomic E-state index is 12.0. The van der Waals surface area contributed by atoms with Crippen LogP contribution < -0.4 is 10.6 Å². The SMILES string of the molecule is Cc1cccc(C(=O)NCCNC(=O)c2ccccc2I)c1. The second kappa shape index (κ2) is 7.93. The molecule has 0 saturated heterocycles. The molecule has 0 aliphatic carbocycles. The van der Waals surface area contributed by atoms with Crippen LogP contribution in [0.2, 0.25) is 0 Å². The first-order chi connectivity index (χ1) is 10.6. The summed E-state index contributed by atoms with van der Waals surface area (Å²) in [5.41, 5.74) is 2.32. The Morgan fingerprint density at radius 2 is 1.64 bits per heavy atom. The lowest BCUT2D eigenvalue weighted by molar-refractivity contribution is 0.0927. The maximum Gasteiger partial charge on any atom is 0.252 e. The van der Waals surface area contributed by atoms with Gasteiger partial charge in [0.2, 0.25) is 0 Å². The van der Waals surface area contributed by atoms with Crippen LogP contribution >= 0.6 is 22.6 Å². The molecule has 2 aromatic carbocycles. The molecule has 0 radical (unpaired) electrons. The van der Waals surface area contributed by atoms with Crippen LogP contribution in [0, 0.1) is 10.5 Å². The van der Waals surface area contributed by atoms with E-state index in [1.54, 1.807) is 12.1 Å². The van der Waals surface area contributed by atoms with E-state index in [0.29, 0.717) is 24.2 Å². The van der Waals surface area contributed by atoms with Crippen molar-refractivity contribution >= 4 is 34.4 Å². The molecule has 0 atom stereocenters. The summed E-state index contributed by atoms with van der Waals surface area (Å²) in [7, 11) is 0. The van der Waals surface area contributed by atoms with Gasteiger partial charge in [0.05, 0.1) is 5.56 Å². The van der Waals surface area contributed by atoms with Gasteiger partial charge in [-0.05, 0) is 53.8 Å². The van der Waals surface area contributed by atoms with Gasteiger partial charge in [-0.2, -0.15) is 0 Å². The van der Waals surface area contributed by atoms with Crippen LogP contribution in [0.1, 0.15) is 26.3 Å². The third-order valence-corrected chi connectivity index (χ3v) is 4.04. The molecule has 0 saturated carbocycles. The highest BCUT2D eigenvalue weighted by atomic mass is 127. The van der Waals surface area contributed by atoms with Gasteiger partial charge in [0.1, 0.15) is 0 Å². The molecule has 0 bridgehead atoms.